The van der Waals surface area contributed by atoms with Gasteiger partial charge in [0.1, 0.15) is 5.82 Å². The summed E-state index contributed by atoms with van der Waals surface area (Å²) in [6, 6.07) is 1.21. The predicted octanol–water partition coefficient (Wildman–Crippen LogP) is 0.213. The van der Waals surface area contributed by atoms with Crippen molar-refractivity contribution in [2.45, 2.75) is 6.10 Å². The van der Waals surface area contributed by atoms with Gasteiger partial charge in [-0.05, 0) is 6.07 Å². The molecule has 0 aliphatic heterocycles. The summed E-state index contributed by atoms with van der Waals surface area (Å²) in [6.07, 6.45) is 1.64. The van der Waals surface area contributed by atoms with E-state index in [9.17, 15) is 4.39 Å². The minimum atomic E-state index is -0.821. The molecule has 0 aliphatic carbocycles. The number of aromatic nitrogens is 1. The quantitative estimate of drug-likeness (QED) is 0.643. The van der Waals surface area contributed by atoms with Gasteiger partial charge >= 0.3 is 0 Å². The molecule has 0 aromatic carbocycles. The number of hydrogen-bond acceptors (Lipinski definition) is 3. The third-order valence-corrected chi connectivity index (χ3v) is 1.33. The Morgan fingerprint density at radius 3 is 2.91 bits per heavy atom. The highest BCUT2D eigenvalue weighted by molar-refractivity contribution is 5.13. The Morgan fingerprint density at radius 2 is 2.36 bits per heavy atom. The fourth-order valence-corrected chi connectivity index (χ4v) is 0.747. The second-order valence-corrected chi connectivity index (χ2v) is 2.19. The Hall–Kier alpha value is -1.00. The first kappa shape index (κ1) is 8.10. The monoisotopic (exact) mass is 156 g/mol. The van der Waals surface area contributed by atoms with Crippen LogP contribution in [0.5, 0.6) is 0 Å². The summed E-state index contributed by atoms with van der Waals surface area (Å²) in [5.74, 6) is -0.463. The van der Waals surface area contributed by atoms with E-state index in [0.717, 1.165) is 6.20 Å². The van der Waals surface area contributed by atoms with E-state index >= 15 is 0 Å². The first-order valence-corrected chi connectivity index (χ1v) is 3.22. The fourth-order valence-electron chi connectivity index (χ4n) is 0.747. The van der Waals surface area contributed by atoms with Gasteiger partial charge in [0, 0.05) is 18.3 Å². The molecule has 4 heteroatoms. The van der Waals surface area contributed by atoms with Gasteiger partial charge < -0.3 is 10.8 Å². The second kappa shape index (κ2) is 3.41. The molecule has 0 spiro atoms. The number of aliphatic hydroxyl groups excluding tert-OH is 1. The van der Waals surface area contributed by atoms with E-state index in [1.54, 1.807) is 0 Å². The molecule has 0 bridgehead atoms. The maximum atomic E-state index is 12.4. The molecule has 1 aromatic heterocycles. The van der Waals surface area contributed by atoms with Crippen molar-refractivity contribution >= 4 is 0 Å². The Bertz CT molecular complexity index is 242. The SMILES string of the molecule is NC[C@@H](O)c1cncc(F)c1. The number of nitrogens with two attached hydrogens (primary N) is 1. The molecular weight excluding hydrogens is 147 g/mol. The van der Waals surface area contributed by atoms with Crippen molar-refractivity contribution in [1.29, 1.82) is 0 Å². The van der Waals surface area contributed by atoms with Crippen LogP contribution in [0.25, 0.3) is 0 Å². The van der Waals surface area contributed by atoms with E-state index in [2.05, 4.69) is 4.98 Å². The average molecular weight is 156 g/mol. The highest BCUT2D eigenvalue weighted by Gasteiger charge is 2.05. The molecule has 0 radical (unpaired) electrons. The molecule has 11 heavy (non-hydrogen) atoms. The second-order valence-electron chi connectivity index (χ2n) is 2.19. The fraction of sp³-hybridized carbons (Fsp3) is 0.286. The highest BCUT2D eigenvalue weighted by atomic mass is 19.1. The zero-order valence-corrected chi connectivity index (χ0v) is 5.87. The molecule has 3 nitrogen and oxygen atoms in total. The average Bonchev–Trinajstić information content (AvgIpc) is 2.03. The predicted molar refractivity (Wildman–Crippen MR) is 38.2 cm³/mol. The number of hydrogen-bond donors (Lipinski definition) is 2. The van der Waals surface area contributed by atoms with Gasteiger partial charge in [-0.25, -0.2) is 4.39 Å². The lowest BCUT2D eigenvalue weighted by molar-refractivity contribution is 0.186. The summed E-state index contributed by atoms with van der Waals surface area (Å²) in [5.41, 5.74) is 5.56. The number of nitrogens with zero attached hydrogens (tertiary/aromatic N) is 1. The lowest BCUT2D eigenvalue weighted by Gasteiger charge is -2.05. The maximum absolute atomic E-state index is 12.4. The first-order valence-electron chi connectivity index (χ1n) is 3.22. The van der Waals surface area contributed by atoms with E-state index < -0.39 is 11.9 Å². The minimum Gasteiger partial charge on any atom is -0.387 e. The van der Waals surface area contributed by atoms with Crippen LogP contribution in [-0.2, 0) is 0 Å². The molecule has 0 saturated heterocycles. The number of halogens is 1. The minimum absolute atomic E-state index is 0.0745. The van der Waals surface area contributed by atoms with Crippen molar-refractivity contribution in [1.82, 2.24) is 4.98 Å². The van der Waals surface area contributed by atoms with Crippen LogP contribution in [-0.4, -0.2) is 16.6 Å². The van der Waals surface area contributed by atoms with Crippen molar-refractivity contribution in [2.75, 3.05) is 6.54 Å². The Morgan fingerprint density at radius 1 is 1.64 bits per heavy atom. The zero-order chi connectivity index (χ0) is 8.27. The van der Waals surface area contributed by atoms with Gasteiger partial charge in [0.15, 0.2) is 0 Å². The molecule has 60 valence electrons. The van der Waals surface area contributed by atoms with Gasteiger partial charge in [-0.2, -0.15) is 0 Å². The van der Waals surface area contributed by atoms with Gasteiger partial charge in [-0.3, -0.25) is 4.98 Å². The molecule has 1 atom stereocenters. The van der Waals surface area contributed by atoms with Crippen LogP contribution < -0.4 is 5.73 Å². The molecule has 3 N–H and O–H groups in total. The van der Waals surface area contributed by atoms with Crippen molar-refractivity contribution < 1.29 is 9.50 Å². The van der Waals surface area contributed by atoms with Gasteiger partial charge in [0.05, 0.1) is 12.3 Å². The van der Waals surface area contributed by atoms with Crippen LogP contribution in [0.2, 0.25) is 0 Å². The smallest absolute Gasteiger partial charge is 0.141 e. The highest BCUT2D eigenvalue weighted by Crippen LogP contribution is 2.10. The summed E-state index contributed by atoms with van der Waals surface area (Å²) in [7, 11) is 0. The molecule has 0 amide bonds. The van der Waals surface area contributed by atoms with Crippen LogP contribution >= 0.6 is 0 Å². The van der Waals surface area contributed by atoms with E-state index in [1.165, 1.54) is 12.3 Å². The van der Waals surface area contributed by atoms with Gasteiger partial charge in [-0.1, -0.05) is 0 Å². The van der Waals surface area contributed by atoms with Crippen LogP contribution in [0.1, 0.15) is 11.7 Å². The van der Waals surface area contributed by atoms with Crippen LogP contribution in [0.15, 0.2) is 18.5 Å². The molecular formula is C7H9FN2O. The summed E-state index contributed by atoms with van der Waals surface area (Å²) in [4.78, 5) is 3.56. The lowest BCUT2D eigenvalue weighted by Crippen LogP contribution is -2.11. The van der Waals surface area contributed by atoms with Crippen molar-refractivity contribution in [3.63, 3.8) is 0 Å². The Kier molecular flexibility index (Phi) is 2.51. The van der Waals surface area contributed by atoms with Crippen LogP contribution in [0, 0.1) is 5.82 Å². The molecule has 0 fully saturated rings. The molecule has 0 aliphatic rings. The Labute approximate surface area is 63.7 Å². The van der Waals surface area contributed by atoms with Gasteiger partial charge in [-0.15, -0.1) is 0 Å². The summed E-state index contributed by atoms with van der Waals surface area (Å²) < 4.78 is 12.4. The number of rotatable bonds is 2. The van der Waals surface area contributed by atoms with Crippen molar-refractivity contribution in [3.05, 3.63) is 29.8 Å². The largest absolute Gasteiger partial charge is 0.387 e. The van der Waals surface area contributed by atoms with Crippen LogP contribution in [0.4, 0.5) is 4.39 Å². The maximum Gasteiger partial charge on any atom is 0.141 e. The summed E-state index contributed by atoms with van der Waals surface area (Å²) in [5, 5.41) is 9.12. The standard InChI is InChI=1S/C7H9FN2O/c8-6-1-5(3-10-4-6)7(11)2-9/h1,3-4,7,11H,2,9H2/t7-/m1/s1. The number of pyridine rings is 1. The van der Waals surface area contributed by atoms with E-state index in [0.29, 0.717) is 5.56 Å². The molecule has 0 saturated carbocycles. The van der Waals surface area contributed by atoms with Gasteiger partial charge in [0.25, 0.3) is 0 Å². The van der Waals surface area contributed by atoms with E-state index in [1.807, 2.05) is 0 Å². The van der Waals surface area contributed by atoms with E-state index in [4.69, 9.17) is 10.8 Å². The third-order valence-electron chi connectivity index (χ3n) is 1.33. The zero-order valence-electron chi connectivity index (χ0n) is 5.87. The molecule has 1 aromatic rings. The Balaban J connectivity index is 2.86. The normalized spacial score (nSPS) is 13.0. The molecule has 1 rings (SSSR count). The lowest BCUT2D eigenvalue weighted by atomic mass is 10.2. The molecule has 1 heterocycles. The topological polar surface area (TPSA) is 59.1 Å². The molecule has 0 unspecified atom stereocenters. The summed E-state index contributed by atoms with van der Waals surface area (Å²) >= 11 is 0. The van der Waals surface area contributed by atoms with Crippen LogP contribution in [0.3, 0.4) is 0 Å². The van der Waals surface area contributed by atoms with E-state index in [-0.39, 0.29) is 6.54 Å². The third kappa shape index (κ3) is 1.96. The van der Waals surface area contributed by atoms with Crippen molar-refractivity contribution in [3.8, 4) is 0 Å². The number of aliphatic hydroxyl groups is 1. The van der Waals surface area contributed by atoms with Crippen molar-refractivity contribution in [2.24, 2.45) is 5.73 Å². The van der Waals surface area contributed by atoms with Gasteiger partial charge in [0.2, 0.25) is 0 Å². The first-order chi connectivity index (χ1) is 5.24. The summed E-state index contributed by atoms with van der Waals surface area (Å²) in [6.45, 7) is 0.0745.